The van der Waals surface area contributed by atoms with Crippen molar-refractivity contribution in [3.63, 3.8) is 0 Å². The molecule has 0 aromatic heterocycles. The van der Waals surface area contributed by atoms with Gasteiger partial charge < -0.3 is 19.7 Å². The second kappa shape index (κ2) is 7.47. The summed E-state index contributed by atoms with van der Waals surface area (Å²) in [4.78, 5) is 26.3. The average molecular weight is 354 g/mol. The van der Waals surface area contributed by atoms with Crippen LogP contribution in [0.2, 0.25) is 0 Å². The van der Waals surface area contributed by atoms with Gasteiger partial charge in [0, 0.05) is 13.6 Å². The van der Waals surface area contributed by atoms with Crippen LogP contribution in [0.3, 0.4) is 0 Å². The van der Waals surface area contributed by atoms with Gasteiger partial charge in [0.25, 0.3) is 5.91 Å². The van der Waals surface area contributed by atoms with Crippen molar-refractivity contribution in [1.29, 1.82) is 0 Å². The molecule has 1 aliphatic heterocycles. The van der Waals surface area contributed by atoms with E-state index in [-0.39, 0.29) is 18.2 Å². The summed E-state index contributed by atoms with van der Waals surface area (Å²) in [6.45, 7) is 2.39. The first-order valence-corrected chi connectivity index (χ1v) is 8.41. The summed E-state index contributed by atoms with van der Waals surface area (Å²) in [5.41, 5.74) is 2.66. The average Bonchev–Trinajstić information content (AvgIpc) is 2.63. The molecule has 1 atom stereocenters. The topological polar surface area (TPSA) is 67.9 Å². The summed E-state index contributed by atoms with van der Waals surface area (Å²) >= 11 is 0. The zero-order valence-corrected chi connectivity index (χ0v) is 15.1. The maximum Gasteiger partial charge on any atom is 0.266 e. The quantitative estimate of drug-likeness (QED) is 0.896. The predicted octanol–water partition coefficient (Wildman–Crippen LogP) is 2.75. The lowest BCUT2D eigenvalue weighted by Gasteiger charge is -2.27. The van der Waals surface area contributed by atoms with Crippen molar-refractivity contribution >= 4 is 17.5 Å². The molecule has 26 heavy (non-hydrogen) atoms. The molecule has 136 valence electrons. The first kappa shape index (κ1) is 17.8. The lowest BCUT2D eigenvalue weighted by atomic mass is 10.1. The SMILES string of the molecule is COc1ccc(CN(C)C(=O)CC2Oc3ccc(C)cc3NC2=O)cc1. The van der Waals surface area contributed by atoms with E-state index in [2.05, 4.69) is 5.32 Å². The van der Waals surface area contributed by atoms with E-state index in [4.69, 9.17) is 9.47 Å². The van der Waals surface area contributed by atoms with Crippen molar-refractivity contribution in [2.75, 3.05) is 19.5 Å². The van der Waals surface area contributed by atoms with Gasteiger partial charge in [-0.3, -0.25) is 9.59 Å². The van der Waals surface area contributed by atoms with Crippen LogP contribution in [0, 0.1) is 6.92 Å². The number of hydrogen-bond donors (Lipinski definition) is 1. The Kier molecular flexibility index (Phi) is 5.11. The third-order valence-electron chi connectivity index (χ3n) is 4.32. The Morgan fingerprint density at radius 2 is 1.96 bits per heavy atom. The number of carbonyl (C=O) groups excluding carboxylic acids is 2. The second-order valence-electron chi connectivity index (χ2n) is 6.40. The van der Waals surface area contributed by atoms with E-state index in [1.54, 1.807) is 19.1 Å². The van der Waals surface area contributed by atoms with Crippen LogP contribution in [0.4, 0.5) is 5.69 Å². The molecule has 0 fully saturated rings. The fraction of sp³-hybridized carbons (Fsp3) is 0.300. The largest absolute Gasteiger partial charge is 0.497 e. The van der Waals surface area contributed by atoms with Gasteiger partial charge in [0.1, 0.15) is 11.5 Å². The highest BCUT2D eigenvalue weighted by atomic mass is 16.5. The number of benzene rings is 2. The van der Waals surface area contributed by atoms with E-state index in [1.165, 1.54) is 0 Å². The van der Waals surface area contributed by atoms with E-state index in [0.717, 1.165) is 16.9 Å². The number of rotatable bonds is 5. The third-order valence-corrected chi connectivity index (χ3v) is 4.32. The van der Waals surface area contributed by atoms with Gasteiger partial charge in [-0.25, -0.2) is 0 Å². The van der Waals surface area contributed by atoms with Gasteiger partial charge in [-0.1, -0.05) is 18.2 Å². The predicted molar refractivity (Wildman–Crippen MR) is 98.3 cm³/mol. The Bertz CT molecular complexity index is 817. The number of amides is 2. The van der Waals surface area contributed by atoms with Crippen molar-refractivity contribution in [1.82, 2.24) is 4.90 Å². The summed E-state index contributed by atoms with van der Waals surface area (Å²) < 4.78 is 10.9. The Morgan fingerprint density at radius 1 is 1.23 bits per heavy atom. The first-order valence-electron chi connectivity index (χ1n) is 8.41. The number of aryl methyl sites for hydroxylation is 1. The van der Waals surface area contributed by atoms with Crippen molar-refractivity contribution in [3.05, 3.63) is 53.6 Å². The molecule has 0 saturated heterocycles. The van der Waals surface area contributed by atoms with Gasteiger partial charge in [-0.15, -0.1) is 0 Å². The highest BCUT2D eigenvalue weighted by molar-refractivity contribution is 6.00. The van der Waals surface area contributed by atoms with Gasteiger partial charge in [0.2, 0.25) is 5.91 Å². The number of nitrogens with one attached hydrogen (secondary N) is 1. The van der Waals surface area contributed by atoms with Crippen LogP contribution in [0.15, 0.2) is 42.5 Å². The molecule has 2 amide bonds. The maximum atomic E-state index is 12.5. The van der Waals surface area contributed by atoms with Crippen LogP contribution in [0.5, 0.6) is 11.5 Å². The molecule has 0 bridgehead atoms. The van der Waals surface area contributed by atoms with Gasteiger partial charge >= 0.3 is 0 Å². The fourth-order valence-electron chi connectivity index (χ4n) is 2.81. The summed E-state index contributed by atoms with van der Waals surface area (Å²) in [7, 11) is 3.32. The number of fused-ring (bicyclic) bond motifs is 1. The minimum atomic E-state index is -0.823. The molecular weight excluding hydrogens is 332 g/mol. The number of carbonyl (C=O) groups is 2. The molecule has 0 saturated carbocycles. The third kappa shape index (κ3) is 3.96. The molecule has 3 rings (SSSR count). The number of nitrogens with zero attached hydrogens (tertiary/aromatic N) is 1. The van der Waals surface area contributed by atoms with E-state index in [9.17, 15) is 9.59 Å². The van der Waals surface area contributed by atoms with Crippen LogP contribution >= 0.6 is 0 Å². The summed E-state index contributed by atoms with van der Waals surface area (Å²) in [6, 6.07) is 13.1. The first-order chi connectivity index (χ1) is 12.5. The Hall–Kier alpha value is -3.02. The standard InChI is InChI=1S/C20H22N2O4/c1-13-4-9-17-16(10-13)21-20(24)18(26-17)11-19(23)22(2)12-14-5-7-15(25-3)8-6-14/h4-10,18H,11-12H2,1-3H3,(H,21,24). The van der Waals surface area contributed by atoms with Gasteiger partial charge in [-0.05, 0) is 42.3 Å². The molecule has 1 heterocycles. The number of ether oxygens (including phenoxy) is 2. The molecule has 1 N–H and O–H groups in total. The lowest BCUT2D eigenvalue weighted by molar-refractivity contribution is -0.136. The summed E-state index contributed by atoms with van der Waals surface area (Å²) in [5.74, 6) is 0.903. The molecule has 0 aliphatic carbocycles. The molecular formula is C20H22N2O4. The smallest absolute Gasteiger partial charge is 0.266 e. The molecule has 0 spiro atoms. The van der Waals surface area contributed by atoms with Crippen molar-refractivity contribution in [3.8, 4) is 11.5 Å². The number of methoxy groups -OCH3 is 1. The molecule has 1 aliphatic rings. The van der Waals surface area contributed by atoms with Gasteiger partial charge in [0.15, 0.2) is 6.10 Å². The normalized spacial score (nSPS) is 15.5. The van der Waals surface area contributed by atoms with Crippen LogP contribution in [0.25, 0.3) is 0 Å². The molecule has 2 aromatic rings. The second-order valence-corrected chi connectivity index (χ2v) is 6.40. The monoisotopic (exact) mass is 354 g/mol. The lowest BCUT2D eigenvalue weighted by Crippen LogP contribution is -2.41. The molecule has 6 nitrogen and oxygen atoms in total. The molecule has 2 aromatic carbocycles. The minimum Gasteiger partial charge on any atom is -0.497 e. The van der Waals surface area contributed by atoms with E-state index in [1.807, 2.05) is 49.4 Å². The fourth-order valence-corrected chi connectivity index (χ4v) is 2.81. The Labute approximate surface area is 152 Å². The van der Waals surface area contributed by atoms with Gasteiger partial charge in [-0.2, -0.15) is 0 Å². The molecule has 1 unspecified atom stereocenters. The van der Waals surface area contributed by atoms with E-state index >= 15 is 0 Å². The van der Waals surface area contributed by atoms with Crippen LogP contribution < -0.4 is 14.8 Å². The molecule has 6 heteroatoms. The Morgan fingerprint density at radius 3 is 2.65 bits per heavy atom. The van der Waals surface area contributed by atoms with E-state index in [0.29, 0.717) is 18.0 Å². The highest BCUT2D eigenvalue weighted by Gasteiger charge is 2.30. The maximum absolute atomic E-state index is 12.5. The number of anilines is 1. The van der Waals surface area contributed by atoms with Crippen LogP contribution in [-0.2, 0) is 16.1 Å². The zero-order chi connectivity index (χ0) is 18.7. The Balaban J connectivity index is 1.61. The summed E-state index contributed by atoms with van der Waals surface area (Å²) in [5, 5.41) is 2.81. The number of hydrogen-bond acceptors (Lipinski definition) is 4. The van der Waals surface area contributed by atoms with Crippen molar-refractivity contribution in [2.24, 2.45) is 0 Å². The summed E-state index contributed by atoms with van der Waals surface area (Å²) in [6.07, 6.45) is -0.831. The zero-order valence-electron chi connectivity index (χ0n) is 15.1. The van der Waals surface area contributed by atoms with Crippen molar-refractivity contribution in [2.45, 2.75) is 26.0 Å². The van der Waals surface area contributed by atoms with Crippen molar-refractivity contribution < 1.29 is 19.1 Å². The van der Waals surface area contributed by atoms with Gasteiger partial charge in [0.05, 0.1) is 19.2 Å². The van der Waals surface area contributed by atoms with Crippen LogP contribution in [0.1, 0.15) is 17.5 Å². The van der Waals surface area contributed by atoms with E-state index < -0.39 is 6.10 Å². The molecule has 0 radical (unpaired) electrons. The minimum absolute atomic E-state index is 0.00813. The highest BCUT2D eigenvalue weighted by Crippen LogP contribution is 2.31. The van der Waals surface area contributed by atoms with Crippen LogP contribution in [-0.4, -0.2) is 37.0 Å².